The Hall–Kier alpha value is -2.88. The van der Waals surface area contributed by atoms with Crippen LogP contribution in [0.2, 0.25) is 0 Å². The van der Waals surface area contributed by atoms with Gasteiger partial charge in [-0.1, -0.05) is 6.07 Å². The van der Waals surface area contributed by atoms with Crippen LogP contribution in [0.1, 0.15) is 48.5 Å². The summed E-state index contributed by atoms with van der Waals surface area (Å²) in [6.45, 7) is 1.67. The van der Waals surface area contributed by atoms with Gasteiger partial charge in [0.15, 0.2) is 5.78 Å². The number of nitrogens with one attached hydrogen (secondary N) is 1. The topological polar surface area (TPSA) is 109 Å². The van der Waals surface area contributed by atoms with Crippen molar-refractivity contribution in [3.63, 3.8) is 0 Å². The fourth-order valence-electron chi connectivity index (χ4n) is 4.55. The molecule has 1 aromatic carbocycles. The zero-order valence-electron chi connectivity index (χ0n) is 17.3. The smallest absolute Gasteiger partial charge is 0.232 e. The molecule has 1 aromatic heterocycles. The minimum atomic E-state index is -3.54. The van der Waals surface area contributed by atoms with Gasteiger partial charge < -0.3 is 0 Å². The SMILES string of the molecule is CC(=O)c1cnc(NC(=O)[C@H]2CC[C@]3(CC2)CN(S(C)(=O)=O)c2cc(F)ccc23)nc1. The third kappa shape index (κ3) is 4.04. The summed E-state index contributed by atoms with van der Waals surface area (Å²) >= 11 is 0. The molecule has 2 heterocycles. The number of benzene rings is 1. The Morgan fingerprint density at radius 3 is 2.42 bits per heavy atom. The lowest BCUT2D eigenvalue weighted by Gasteiger charge is -2.37. The van der Waals surface area contributed by atoms with Gasteiger partial charge in [0.05, 0.1) is 17.5 Å². The molecular weight excluding hydrogens is 423 g/mol. The Kier molecular flexibility index (Phi) is 5.28. The summed E-state index contributed by atoms with van der Waals surface area (Å²) < 4.78 is 39.7. The van der Waals surface area contributed by atoms with E-state index in [9.17, 15) is 22.4 Å². The minimum Gasteiger partial charge on any atom is -0.294 e. The predicted octanol–water partition coefficient (Wildman–Crippen LogP) is 2.66. The lowest BCUT2D eigenvalue weighted by Crippen LogP contribution is -2.41. The first-order chi connectivity index (χ1) is 14.6. The number of rotatable bonds is 4. The van der Waals surface area contributed by atoms with Gasteiger partial charge >= 0.3 is 0 Å². The number of carbonyl (C=O) groups is 2. The zero-order chi connectivity index (χ0) is 22.4. The van der Waals surface area contributed by atoms with E-state index in [1.165, 1.54) is 35.8 Å². The Labute approximate surface area is 179 Å². The average molecular weight is 447 g/mol. The first-order valence-electron chi connectivity index (χ1n) is 10.0. The molecule has 1 aliphatic carbocycles. The van der Waals surface area contributed by atoms with Crippen molar-refractivity contribution in [2.75, 3.05) is 22.4 Å². The highest BCUT2D eigenvalue weighted by Gasteiger charge is 2.48. The maximum Gasteiger partial charge on any atom is 0.232 e. The van der Waals surface area contributed by atoms with E-state index < -0.39 is 21.3 Å². The van der Waals surface area contributed by atoms with Gasteiger partial charge in [0.1, 0.15) is 5.82 Å². The molecule has 1 aliphatic heterocycles. The quantitative estimate of drug-likeness (QED) is 0.723. The van der Waals surface area contributed by atoms with Crippen LogP contribution < -0.4 is 9.62 Å². The fraction of sp³-hybridized carbons (Fsp3) is 0.429. The summed E-state index contributed by atoms with van der Waals surface area (Å²) in [6.07, 6.45) is 6.21. The molecule has 31 heavy (non-hydrogen) atoms. The highest BCUT2D eigenvalue weighted by molar-refractivity contribution is 7.92. The number of nitrogens with zero attached hydrogens (tertiary/aromatic N) is 3. The van der Waals surface area contributed by atoms with Gasteiger partial charge in [0.25, 0.3) is 0 Å². The molecule has 1 spiro atoms. The Balaban J connectivity index is 1.48. The number of hydrogen-bond donors (Lipinski definition) is 1. The van der Waals surface area contributed by atoms with Gasteiger partial charge in [-0.15, -0.1) is 0 Å². The predicted molar refractivity (Wildman–Crippen MR) is 113 cm³/mol. The molecule has 0 bridgehead atoms. The molecule has 10 heteroatoms. The maximum absolute atomic E-state index is 13.8. The fourth-order valence-corrected chi connectivity index (χ4v) is 5.54. The Morgan fingerprint density at radius 2 is 1.84 bits per heavy atom. The van der Waals surface area contributed by atoms with Crippen molar-refractivity contribution < 1.29 is 22.4 Å². The zero-order valence-corrected chi connectivity index (χ0v) is 18.1. The number of carbonyl (C=O) groups excluding carboxylic acids is 2. The van der Waals surface area contributed by atoms with E-state index in [-0.39, 0.29) is 30.1 Å². The second-order valence-corrected chi connectivity index (χ2v) is 10.2. The van der Waals surface area contributed by atoms with Gasteiger partial charge in [-0.2, -0.15) is 0 Å². The van der Waals surface area contributed by atoms with Crippen molar-refractivity contribution in [3.05, 3.63) is 47.5 Å². The van der Waals surface area contributed by atoms with Crippen LogP contribution in [0.3, 0.4) is 0 Å². The summed E-state index contributed by atoms with van der Waals surface area (Å²) in [4.78, 5) is 32.0. The number of amides is 1. The molecule has 1 amide bonds. The van der Waals surface area contributed by atoms with Crippen LogP contribution >= 0.6 is 0 Å². The highest BCUT2D eigenvalue weighted by atomic mass is 32.2. The normalized spacial score (nSPS) is 22.9. The Morgan fingerprint density at radius 1 is 1.19 bits per heavy atom. The van der Waals surface area contributed by atoms with Gasteiger partial charge in [-0.3, -0.25) is 19.2 Å². The summed E-state index contributed by atoms with van der Waals surface area (Å²) in [5, 5.41) is 2.69. The van der Waals surface area contributed by atoms with E-state index in [0.717, 1.165) is 11.8 Å². The number of hydrogen-bond acceptors (Lipinski definition) is 6. The van der Waals surface area contributed by atoms with Gasteiger partial charge in [-0.25, -0.2) is 22.8 Å². The first kappa shape index (κ1) is 21.4. The van der Waals surface area contributed by atoms with Crippen molar-refractivity contribution in [1.82, 2.24) is 9.97 Å². The van der Waals surface area contributed by atoms with Crippen LogP contribution in [0.15, 0.2) is 30.6 Å². The molecule has 0 radical (unpaired) electrons. The number of Topliss-reactive ketones (excluding diaryl/α,β-unsaturated/α-hetero) is 1. The van der Waals surface area contributed by atoms with E-state index in [1.54, 1.807) is 6.07 Å². The van der Waals surface area contributed by atoms with Crippen LogP contribution in [0.25, 0.3) is 0 Å². The molecule has 2 aromatic rings. The monoisotopic (exact) mass is 446 g/mol. The number of halogens is 1. The second-order valence-electron chi connectivity index (χ2n) is 8.33. The second kappa shape index (κ2) is 7.67. The molecule has 4 rings (SSSR count). The lowest BCUT2D eigenvalue weighted by atomic mass is 9.67. The van der Waals surface area contributed by atoms with Crippen LogP contribution in [-0.2, 0) is 20.2 Å². The maximum atomic E-state index is 13.8. The van der Waals surface area contributed by atoms with E-state index in [2.05, 4.69) is 15.3 Å². The molecule has 8 nitrogen and oxygen atoms in total. The number of sulfonamides is 1. The minimum absolute atomic E-state index is 0.139. The highest BCUT2D eigenvalue weighted by Crippen LogP contribution is 2.51. The van der Waals surface area contributed by atoms with E-state index in [0.29, 0.717) is 36.9 Å². The van der Waals surface area contributed by atoms with E-state index in [1.807, 2.05) is 0 Å². The molecule has 1 fully saturated rings. The number of aromatic nitrogens is 2. The van der Waals surface area contributed by atoms with Crippen LogP contribution in [0.4, 0.5) is 16.0 Å². The Bertz CT molecular complexity index is 1140. The molecule has 1 saturated carbocycles. The molecule has 1 N–H and O–H groups in total. The van der Waals surface area contributed by atoms with Gasteiger partial charge in [-0.05, 0) is 50.3 Å². The molecule has 0 unspecified atom stereocenters. The van der Waals surface area contributed by atoms with E-state index >= 15 is 0 Å². The standard InChI is InChI=1S/C21H23FN4O4S/c1-13(27)15-10-23-20(24-11-15)25-19(28)14-5-7-21(8-6-14)12-26(31(2,29)30)18-9-16(22)3-4-17(18)21/h3-4,9-11,14H,5-8,12H2,1-2H3,(H,23,24,25,28)/t14-,21-. The molecule has 0 atom stereocenters. The van der Waals surface area contributed by atoms with E-state index in [4.69, 9.17) is 0 Å². The molecule has 2 aliphatic rings. The summed E-state index contributed by atoms with van der Waals surface area (Å²) in [7, 11) is -3.54. The first-order valence-corrected chi connectivity index (χ1v) is 11.9. The van der Waals surface area contributed by atoms with Crippen molar-refractivity contribution in [1.29, 1.82) is 0 Å². The van der Waals surface area contributed by atoms with Crippen molar-refractivity contribution in [3.8, 4) is 0 Å². The van der Waals surface area contributed by atoms with Crippen LogP contribution in [-0.4, -0.2) is 42.9 Å². The number of ketones is 1. The van der Waals surface area contributed by atoms with Gasteiger partial charge in [0.2, 0.25) is 21.9 Å². The van der Waals surface area contributed by atoms with Crippen LogP contribution in [0.5, 0.6) is 0 Å². The summed E-state index contributed by atoms with van der Waals surface area (Å²) in [5.74, 6) is -0.968. The average Bonchev–Trinajstić information content (AvgIpc) is 3.02. The third-order valence-electron chi connectivity index (χ3n) is 6.25. The van der Waals surface area contributed by atoms with Crippen molar-refractivity contribution in [2.24, 2.45) is 5.92 Å². The number of fused-ring (bicyclic) bond motifs is 2. The molecular formula is C21H23FN4O4S. The number of anilines is 2. The van der Waals surface area contributed by atoms with Gasteiger partial charge in [0, 0.05) is 30.3 Å². The van der Waals surface area contributed by atoms with Crippen molar-refractivity contribution >= 4 is 33.3 Å². The molecule has 0 saturated heterocycles. The third-order valence-corrected chi connectivity index (χ3v) is 7.38. The lowest BCUT2D eigenvalue weighted by molar-refractivity contribution is -0.121. The largest absolute Gasteiger partial charge is 0.294 e. The van der Waals surface area contributed by atoms with Crippen molar-refractivity contribution in [2.45, 2.75) is 38.0 Å². The molecule has 164 valence electrons. The summed E-state index contributed by atoms with van der Waals surface area (Å²) in [5.41, 5.74) is 1.15. The van der Waals surface area contributed by atoms with Crippen LogP contribution in [0, 0.1) is 11.7 Å². The summed E-state index contributed by atoms with van der Waals surface area (Å²) in [6, 6.07) is 4.29.